The van der Waals surface area contributed by atoms with Crippen molar-refractivity contribution in [2.24, 2.45) is 0 Å². The molecule has 3 aromatic rings. The summed E-state index contributed by atoms with van der Waals surface area (Å²) >= 11 is 6.06. The molecule has 0 unspecified atom stereocenters. The fourth-order valence-corrected chi connectivity index (χ4v) is 3.66. The van der Waals surface area contributed by atoms with Crippen molar-refractivity contribution in [1.82, 2.24) is 10.7 Å². The second-order valence-electron chi connectivity index (χ2n) is 7.18. The SMILES string of the molecule is Cc1ccccc1/C=[N+]1\NC(=O)[C@H](NC(=O)c2ccccc2)[C@H]1c1ccc(Cl)cc1. The number of hydrogen-bond acceptors (Lipinski definition) is 2. The Balaban J connectivity index is 1.73. The van der Waals surface area contributed by atoms with Crippen LogP contribution in [0.1, 0.15) is 33.1 Å². The molecule has 150 valence electrons. The minimum absolute atomic E-state index is 0.274. The lowest BCUT2D eigenvalue weighted by atomic mass is 9.99. The molecule has 30 heavy (non-hydrogen) atoms. The average molecular weight is 419 g/mol. The van der Waals surface area contributed by atoms with Crippen LogP contribution in [0.3, 0.4) is 0 Å². The molecule has 1 saturated heterocycles. The van der Waals surface area contributed by atoms with E-state index in [1.807, 2.05) is 55.6 Å². The molecular formula is C24H21ClN3O2+. The van der Waals surface area contributed by atoms with Gasteiger partial charge in [-0.3, -0.25) is 9.59 Å². The van der Waals surface area contributed by atoms with Gasteiger partial charge in [0.05, 0.1) is 0 Å². The highest BCUT2D eigenvalue weighted by molar-refractivity contribution is 6.30. The molecule has 2 atom stereocenters. The van der Waals surface area contributed by atoms with E-state index in [-0.39, 0.29) is 11.8 Å². The number of hydrazone groups is 1. The molecule has 1 fully saturated rings. The molecule has 2 N–H and O–H groups in total. The third-order valence-corrected chi connectivity index (χ3v) is 5.39. The number of hydrogen-bond donors (Lipinski definition) is 2. The van der Waals surface area contributed by atoms with Crippen LogP contribution in [0.2, 0.25) is 5.02 Å². The van der Waals surface area contributed by atoms with Crippen LogP contribution < -0.4 is 10.7 Å². The highest BCUT2D eigenvalue weighted by Crippen LogP contribution is 2.27. The number of hydrazine groups is 1. The second-order valence-corrected chi connectivity index (χ2v) is 7.62. The van der Waals surface area contributed by atoms with E-state index in [2.05, 4.69) is 10.7 Å². The maximum atomic E-state index is 12.9. The van der Waals surface area contributed by atoms with Crippen molar-refractivity contribution < 1.29 is 14.3 Å². The maximum absolute atomic E-state index is 12.9. The van der Waals surface area contributed by atoms with E-state index < -0.39 is 12.1 Å². The van der Waals surface area contributed by atoms with Crippen molar-refractivity contribution in [3.63, 3.8) is 0 Å². The molecule has 0 spiro atoms. The number of rotatable bonds is 4. The van der Waals surface area contributed by atoms with Crippen molar-refractivity contribution in [3.05, 3.63) is 106 Å². The summed E-state index contributed by atoms with van der Waals surface area (Å²) in [6.07, 6.45) is 1.89. The normalized spacial score (nSPS) is 19.5. The maximum Gasteiger partial charge on any atom is 0.304 e. The average Bonchev–Trinajstić information content (AvgIpc) is 3.05. The van der Waals surface area contributed by atoms with Gasteiger partial charge in [0.25, 0.3) is 5.91 Å². The Morgan fingerprint density at radius 3 is 2.37 bits per heavy atom. The van der Waals surface area contributed by atoms with Crippen LogP contribution in [-0.2, 0) is 4.79 Å². The van der Waals surface area contributed by atoms with Crippen LogP contribution in [0.5, 0.6) is 0 Å². The lowest BCUT2D eigenvalue weighted by Gasteiger charge is -2.15. The Bertz CT molecular complexity index is 1110. The van der Waals surface area contributed by atoms with Gasteiger partial charge >= 0.3 is 5.91 Å². The molecule has 2 amide bonds. The van der Waals surface area contributed by atoms with E-state index >= 15 is 0 Å². The summed E-state index contributed by atoms with van der Waals surface area (Å²) in [4.78, 5) is 25.6. The van der Waals surface area contributed by atoms with Crippen LogP contribution in [0.25, 0.3) is 0 Å². The number of nitrogens with zero attached hydrogens (tertiary/aromatic N) is 1. The monoisotopic (exact) mass is 418 g/mol. The molecule has 3 aromatic carbocycles. The van der Waals surface area contributed by atoms with Crippen molar-refractivity contribution in [3.8, 4) is 0 Å². The minimum atomic E-state index is -0.765. The number of aryl methyl sites for hydroxylation is 1. The Morgan fingerprint density at radius 1 is 1.00 bits per heavy atom. The number of carbonyl (C=O) groups is 2. The molecule has 5 nitrogen and oxygen atoms in total. The van der Waals surface area contributed by atoms with Gasteiger partial charge in [-0.15, -0.1) is 10.1 Å². The second kappa shape index (κ2) is 8.51. The van der Waals surface area contributed by atoms with Gasteiger partial charge in [-0.2, -0.15) is 0 Å². The smallest absolute Gasteiger partial charge is 0.304 e. The number of carbonyl (C=O) groups excluding carboxylic acids is 2. The fraction of sp³-hybridized carbons (Fsp3) is 0.125. The molecule has 0 radical (unpaired) electrons. The van der Waals surface area contributed by atoms with E-state index in [4.69, 9.17) is 11.6 Å². The van der Waals surface area contributed by atoms with Crippen LogP contribution in [0, 0.1) is 6.92 Å². The van der Waals surface area contributed by atoms with Crippen molar-refractivity contribution in [2.75, 3.05) is 0 Å². The van der Waals surface area contributed by atoms with Gasteiger partial charge in [0.2, 0.25) is 12.3 Å². The molecule has 0 aromatic heterocycles. The number of nitrogens with one attached hydrogen (secondary N) is 2. The first-order valence-electron chi connectivity index (χ1n) is 9.63. The summed E-state index contributed by atoms with van der Waals surface area (Å²) in [5, 5.41) is 3.50. The van der Waals surface area contributed by atoms with E-state index in [1.54, 1.807) is 41.1 Å². The Labute approximate surface area is 180 Å². The summed E-state index contributed by atoms with van der Waals surface area (Å²) in [7, 11) is 0. The van der Waals surface area contributed by atoms with Crippen molar-refractivity contribution in [1.29, 1.82) is 0 Å². The highest BCUT2D eigenvalue weighted by atomic mass is 35.5. The van der Waals surface area contributed by atoms with Gasteiger partial charge in [-0.25, -0.2) is 0 Å². The van der Waals surface area contributed by atoms with Crippen molar-refractivity contribution in [2.45, 2.75) is 19.0 Å². The summed E-state index contributed by atoms with van der Waals surface area (Å²) < 4.78 is 1.75. The van der Waals surface area contributed by atoms with Gasteiger partial charge < -0.3 is 5.32 Å². The van der Waals surface area contributed by atoms with Gasteiger partial charge in [0.1, 0.15) is 0 Å². The zero-order valence-electron chi connectivity index (χ0n) is 16.4. The molecule has 0 aliphatic carbocycles. The third kappa shape index (κ3) is 4.11. The standard InChI is InChI=1S/C24H20ClN3O2/c1-16-7-5-6-10-19(16)15-28-22(17-11-13-20(25)14-12-17)21(24(30)27-28)26-23(29)18-8-3-2-4-9-18/h2-15,21-22H,1H3,(H-,26,27,29,30)/p+1/b28-15-/t21-,22-/m1/s1. The van der Waals surface area contributed by atoms with E-state index in [9.17, 15) is 9.59 Å². The van der Waals surface area contributed by atoms with Crippen LogP contribution in [0.4, 0.5) is 0 Å². The molecule has 0 saturated carbocycles. The summed E-state index contributed by atoms with van der Waals surface area (Å²) in [6, 6.07) is 22.9. The predicted molar refractivity (Wildman–Crippen MR) is 117 cm³/mol. The summed E-state index contributed by atoms with van der Waals surface area (Å²) in [5.74, 6) is -0.573. The largest absolute Gasteiger partial charge is 0.334 e. The Hall–Kier alpha value is -3.44. The Kier molecular flexibility index (Phi) is 5.63. The zero-order valence-corrected chi connectivity index (χ0v) is 17.1. The molecule has 0 bridgehead atoms. The zero-order chi connectivity index (χ0) is 21.1. The molecule has 1 heterocycles. The van der Waals surface area contributed by atoms with Gasteiger partial charge in [-0.05, 0) is 42.8 Å². The van der Waals surface area contributed by atoms with Gasteiger partial charge in [0, 0.05) is 21.7 Å². The van der Waals surface area contributed by atoms with Gasteiger partial charge in [-0.1, -0.05) is 60.1 Å². The molecule has 4 rings (SSSR count). The van der Waals surface area contributed by atoms with Gasteiger partial charge in [0.15, 0.2) is 6.04 Å². The van der Waals surface area contributed by atoms with Crippen LogP contribution in [0.15, 0.2) is 78.9 Å². The Morgan fingerprint density at radius 2 is 1.67 bits per heavy atom. The third-order valence-electron chi connectivity index (χ3n) is 5.14. The van der Waals surface area contributed by atoms with Crippen LogP contribution in [-0.4, -0.2) is 28.8 Å². The predicted octanol–water partition coefficient (Wildman–Crippen LogP) is 3.66. The number of amides is 2. The van der Waals surface area contributed by atoms with E-state index in [0.717, 1.165) is 16.7 Å². The first kappa shape index (κ1) is 19.9. The summed E-state index contributed by atoms with van der Waals surface area (Å²) in [6.45, 7) is 2.01. The lowest BCUT2D eigenvalue weighted by molar-refractivity contribution is -0.596. The number of benzene rings is 3. The number of halogens is 1. The lowest BCUT2D eigenvalue weighted by Crippen LogP contribution is -2.42. The van der Waals surface area contributed by atoms with Crippen LogP contribution >= 0.6 is 11.6 Å². The first-order valence-corrected chi connectivity index (χ1v) is 10.0. The minimum Gasteiger partial charge on any atom is -0.334 e. The summed E-state index contributed by atoms with van der Waals surface area (Å²) in [5.41, 5.74) is 6.31. The first-order chi connectivity index (χ1) is 14.5. The molecule has 1 aliphatic heterocycles. The molecule has 6 heteroatoms. The topological polar surface area (TPSA) is 61.2 Å². The van der Waals surface area contributed by atoms with Crippen molar-refractivity contribution >= 4 is 29.6 Å². The molecule has 1 aliphatic rings. The fourth-order valence-electron chi connectivity index (χ4n) is 3.54. The quantitative estimate of drug-likeness (QED) is 0.635. The molecular weight excluding hydrogens is 398 g/mol. The highest BCUT2D eigenvalue weighted by Gasteiger charge is 2.47. The van der Waals surface area contributed by atoms with E-state index in [1.165, 1.54) is 0 Å². The van der Waals surface area contributed by atoms with E-state index in [0.29, 0.717) is 10.6 Å².